The van der Waals surface area contributed by atoms with Gasteiger partial charge < -0.3 is 30.3 Å². The fourth-order valence-electron chi connectivity index (χ4n) is 7.62. The lowest BCUT2D eigenvalue weighted by Gasteiger charge is -2.35. The smallest absolute Gasteiger partial charge is 0.229 e. The molecule has 0 saturated heterocycles. The number of ether oxygens (including phenoxy) is 2. The van der Waals surface area contributed by atoms with Crippen LogP contribution in [-0.2, 0) is 0 Å². The number of likely N-dealkylation sites (N-methyl/N-ethyl adjacent to an activating group) is 2. The van der Waals surface area contributed by atoms with Crippen LogP contribution in [0.15, 0.2) is 122 Å². The summed E-state index contributed by atoms with van der Waals surface area (Å²) in [5.41, 5.74) is 12.2. The third-order valence-electron chi connectivity index (χ3n) is 11.1. The van der Waals surface area contributed by atoms with E-state index in [1.165, 1.54) is 42.6 Å². The van der Waals surface area contributed by atoms with Gasteiger partial charge in [0.1, 0.15) is 36.5 Å². The van der Waals surface area contributed by atoms with Gasteiger partial charge in [-0.3, -0.25) is 9.97 Å². The monoisotopic (exact) mass is 994 g/mol. The number of aryl methyl sites for hydroxylation is 2. The van der Waals surface area contributed by atoms with E-state index >= 15 is 0 Å². The van der Waals surface area contributed by atoms with Crippen LogP contribution in [0.25, 0.3) is 22.3 Å². The molecule has 4 aromatic heterocycles. The minimum Gasteiger partial charge on any atom is -0.486 e. The maximum absolute atomic E-state index is 14.8. The second-order valence-corrected chi connectivity index (χ2v) is 17.0. The van der Waals surface area contributed by atoms with E-state index in [1.807, 2.05) is 49.9 Å². The third-order valence-corrected chi connectivity index (χ3v) is 12.0. The first-order valence-electron chi connectivity index (χ1n) is 21.1. The topological polar surface area (TPSA) is 140 Å². The fraction of sp³-hybridized carbons (Fsp3) is 0.160. The van der Waals surface area contributed by atoms with E-state index in [-0.39, 0.29) is 40.8 Å². The van der Waals surface area contributed by atoms with Crippen molar-refractivity contribution in [2.75, 3.05) is 48.2 Å². The lowest BCUT2D eigenvalue weighted by molar-refractivity contribution is 0.265. The molecular weight excluding hydrogens is 955 g/mol. The van der Waals surface area contributed by atoms with E-state index in [1.54, 1.807) is 67.1 Å². The van der Waals surface area contributed by atoms with Crippen molar-refractivity contribution in [3.8, 4) is 33.8 Å². The zero-order chi connectivity index (χ0) is 48.9. The molecule has 0 spiro atoms. The lowest BCUT2D eigenvalue weighted by Crippen LogP contribution is -2.34. The number of rotatable bonds is 6. The molecule has 19 heteroatoms. The maximum atomic E-state index is 14.8. The number of anilines is 5. The van der Waals surface area contributed by atoms with Gasteiger partial charge in [-0.25, -0.2) is 27.5 Å². The molecule has 8 aromatic rings. The molecule has 0 saturated carbocycles. The van der Waals surface area contributed by atoms with Crippen LogP contribution in [0.4, 0.5) is 46.5 Å². The predicted octanol–water partition coefficient (Wildman–Crippen LogP) is 12.4. The van der Waals surface area contributed by atoms with E-state index in [0.717, 1.165) is 33.6 Å². The number of nitrogen functional groups attached to an aromatic ring is 1. The quantitative estimate of drug-likeness (QED) is 0.0931. The van der Waals surface area contributed by atoms with Gasteiger partial charge in [0.05, 0.1) is 24.5 Å². The van der Waals surface area contributed by atoms with Crippen LogP contribution in [0, 0.1) is 37.1 Å². The summed E-state index contributed by atoms with van der Waals surface area (Å²) in [6.45, 7) is 4.42. The summed E-state index contributed by atoms with van der Waals surface area (Å²) in [5.74, 6) is 1.03. The van der Waals surface area contributed by atoms with Gasteiger partial charge in [-0.15, -0.1) is 0 Å². The van der Waals surface area contributed by atoms with Crippen LogP contribution in [0.2, 0.25) is 15.3 Å². The van der Waals surface area contributed by atoms with Crippen LogP contribution in [-0.4, -0.2) is 57.2 Å². The van der Waals surface area contributed by atoms with E-state index < -0.39 is 5.82 Å². The summed E-state index contributed by atoms with van der Waals surface area (Å²) in [7, 11) is 3.71. The largest absolute Gasteiger partial charge is 0.486 e. The number of halogens is 7. The van der Waals surface area contributed by atoms with E-state index in [9.17, 15) is 17.6 Å². The molecule has 0 radical (unpaired) electrons. The molecule has 2 aliphatic heterocycles. The van der Waals surface area contributed by atoms with Gasteiger partial charge in [0.15, 0.2) is 23.1 Å². The zero-order valence-electron chi connectivity index (χ0n) is 37.2. The van der Waals surface area contributed by atoms with Gasteiger partial charge in [-0.2, -0.15) is 9.97 Å². The molecular formula is C50H41Cl3F4N10O2. The Bertz CT molecular complexity index is 3170. The molecule has 69 heavy (non-hydrogen) atoms. The van der Waals surface area contributed by atoms with Crippen molar-refractivity contribution in [3.05, 3.63) is 183 Å². The van der Waals surface area contributed by atoms with Gasteiger partial charge >= 0.3 is 0 Å². The van der Waals surface area contributed by atoms with Crippen LogP contribution >= 0.6 is 34.8 Å². The lowest BCUT2D eigenvalue weighted by atomic mass is 10.0. The second-order valence-electron chi connectivity index (χ2n) is 15.8. The molecule has 6 heterocycles. The van der Waals surface area contributed by atoms with Gasteiger partial charge in [0.2, 0.25) is 11.2 Å². The minimum absolute atomic E-state index is 0.144. The molecule has 3 N–H and O–H groups in total. The number of nitrogens with two attached hydrogens (primary N) is 1. The van der Waals surface area contributed by atoms with Crippen molar-refractivity contribution in [2.24, 2.45) is 0 Å². The SMILES string of the molecule is CN1c2nc(Cl)ncc2OCC1c1ccc(F)cc1Cl.Cc1cc(-c2ccc(N)cc2F)ccn1.Cc1cc(-c2ccc(Nc3ncc4c(n3)N(C)C(c3ccc(F)cc3Cl)CO4)cc2F)ccn1. The molecule has 12 nitrogen and oxygen atoms in total. The normalized spacial score (nSPS) is 14.7. The Morgan fingerprint density at radius 3 is 1.61 bits per heavy atom. The zero-order valence-corrected chi connectivity index (χ0v) is 39.5. The molecule has 0 amide bonds. The summed E-state index contributed by atoms with van der Waals surface area (Å²) in [6, 6.07) is 24.9. The average molecular weight is 996 g/mol. The number of nitrogens with zero attached hydrogens (tertiary/aromatic N) is 8. The third kappa shape index (κ3) is 11.2. The fourth-order valence-corrected chi connectivity index (χ4v) is 8.33. The van der Waals surface area contributed by atoms with Crippen molar-refractivity contribution < 1.29 is 27.0 Å². The summed E-state index contributed by atoms with van der Waals surface area (Å²) in [6.07, 6.45) is 6.42. The van der Waals surface area contributed by atoms with E-state index in [0.29, 0.717) is 68.9 Å². The summed E-state index contributed by atoms with van der Waals surface area (Å²) < 4.78 is 66.5. The predicted molar refractivity (Wildman–Crippen MR) is 262 cm³/mol. The van der Waals surface area contributed by atoms with Crippen molar-refractivity contribution in [1.29, 1.82) is 0 Å². The molecule has 0 bridgehead atoms. The molecule has 2 atom stereocenters. The first-order chi connectivity index (χ1) is 33.1. The van der Waals surface area contributed by atoms with Crippen molar-refractivity contribution in [2.45, 2.75) is 25.9 Å². The highest BCUT2D eigenvalue weighted by atomic mass is 35.5. The van der Waals surface area contributed by atoms with Crippen LogP contribution in [0.5, 0.6) is 11.5 Å². The molecule has 352 valence electrons. The Balaban J connectivity index is 0.000000155. The Kier molecular flexibility index (Phi) is 14.6. The number of fused-ring (bicyclic) bond motifs is 2. The molecule has 2 unspecified atom stereocenters. The molecule has 2 aliphatic rings. The number of hydrogen-bond donors (Lipinski definition) is 2. The summed E-state index contributed by atoms with van der Waals surface area (Å²) >= 11 is 18.2. The van der Waals surface area contributed by atoms with Crippen molar-refractivity contribution in [3.63, 3.8) is 0 Å². The first kappa shape index (κ1) is 48.2. The number of aromatic nitrogens is 6. The van der Waals surface area contributed by atoms with Crippen LogP contribution in [0.3, 0.4) is 0 Å². The highest BCUT2D eigenvalue weighted by Gasteiger charge is 2.31. The minimum atomic E-state index is -0.403. The standard InChI is InChI=1S/C25H20ClF2N5O.C13H10Cl2FN3O.C12H11FN2/c1-14-9-15(7-8-29-14)18-6-4-17(11-21(18)28)31-25-30-12-23-24(32-25)33(2)22(13-34-23)19-5-3-16(27)10-20(19)26;1-19-10(8-3-2-7(16)4-9(8)14)6-20-11-5-17-13(15)18-12(11)19;1-8-6-9(4-5-15-8)11-3-2-10(14)7-12(11)13/h3-12,22H,13H2,1-2H3,(H,30,31,32);2-5,10H,6H2,1H3;2-7H,14H2,1H3. The van der Waals surface area contributed by atoms with Crippen LogP contribution < -0.4 is 30.3 Å². The molecule has 0 aliphatic carbocycles. The number of hydrogen-bond acceptors (Lipinski definition) is 12. The van der Waals surface area contributed by atoms with Gasteiger partial charge in [0.25, 0.3) is 0 Å². The second kappa shape index (κ2) is 20.9. The van der Waals surface area contributed by atoms with Gasteiger partial charge in [-0.05, 0) is 133 Å². The number of nitrogens with one attached hydrogen (secondary N) is 1. The van der Waals surface area contributed by atoms with Crippen molar-refractivity contribution >= 4 is 63.8 Å². The molecule has 4 aromatic carbocycles. The van der Waals surface area contributed by atoms with E-state index in [2.05, 4.69) is 35.2 Å². The highest BCUT2D eigenvalue weighted by molar-refractivity contribution is 6.31. The van der Waals surface area contributed by atoms with Crippen LogP contribution in [0.1, 0.15) is 34.6 Å². The molecule has 10 rings (SSSR count). The van der Waals surface area contributed by atoms with E-state index in [4.69, 9.17) is 50.0 Å². The van der Waals surface area contributed by atoms with Gasteiger partial charge in [-0.1, -0.05) is 35.3 Å². The van der Waals surface area contributed by atoms with Gasteiger partial charge in [0, 0.05) is 70.4 Å². The number of pyridine rings is 2. The Labute approximate surface area is 409 Å². The Morgan fingerprint density at radius 2 is 1.10 bits per heavy atom. The number of benzene rings is 4. The Morgan fingerprint density at radius 1 is 0.594 bits per heavy atom. The summed E-state index contributed by atoms with van der Waals surface area (Å²) in [5, 5.41) is 3.86. The first-order valence-corrected chi connectivity index (χ1v) is 22.2. The average Bonchev–Trinajstić information content (AvgIpc) is 3.31. The molecule has 0 fully saturated rings. The highest BCUT2D eigenvalue weighted by Crippen LogP contribution is 2.41. The maximum Gasteiger partial charge on any atom is 0.229 e. The van der Waals surface area contributed by atoms with Crippen molar-refractivity contribution in [1.82, 2.24) is 29.9 Å². The Hall–Kier alpha value is -7.27. The summed E-state index contributed by atoms with van der Waals surface area (Å²) in [4.78, 5) is 28.9.